The molecule has 7 heteroatoms. The monoisotopic (exact) mass is 315 g/mol. The molecule has 1 aromatic rings. The van der Waals surface area contributed by atoms with Crippen LogP contribution in [0.15, 0.2) is 24.4 Å². The number of pyridine rings is 1. The standard InChI is InChI=1S/C14H22FN3O2S/c1-17(2)21(19,20)12-11-18-9-6-14(15,7-10-18)13-5-3-4-8-16-13/h3-5,8H,6-7,9-12H2,1-2H3. The zero-order chi connectivity index (χ0) is 15.5. The fourth-order valence-corrected chi connectivity index (χ4v) is 3.30. The maximum atomic E-state index is 14.9. The van der Waals surface area contributed by atoms with Gasteiger partial charge in [0.25, 0.3) is 0 Å². The number of hydrogen-bond acceptors (Lipinski definition) is 4. The summed E-state index contributed by atoms with van der Waals surface area (Å²) in [6, 6.07) is 5.28. The van der Waals surface area contributed by atoms with Crippen LogP contribution in [0.2, 0.25) is 0 Å². The SMILES string of the molecule is CN(C)S(=O)(=O)CCN1CCC(F)(c2ccccn2)CC1. The highest BCUT2D eigenvalue weighted by atomic mass is 32.2. The van der Waals surface area contributed by atoms with Crippen LogP contribution < -0.4 is 0 Å². The summed E-state index contributed by atoms with van der Waals surface area (Å²) in [5.74, 6) is 0.0723. The third-order valence-electron chi connectivity index (χ3n) is 3.99. The minimum atomic E-state index is -3.19. The van der Waals surface area contributed by atoms with Gasteiger partial charge in [-0.15, -0.1) is 0 Å². The van der Waals surface area contributed by atoms with Gasteiger partial charge in [-0.2, -0.15) is 0 Å². The second-order valence-corrected chi connectivity index (χ2v) is 7.92. The maximum Gasteiger partial charge on any atom is 0.214 e. The van der Waals surface area contributed by atoms with E-state index in [4.69, 9.17) is 0 Å². The topological polar surface area (TPSA) is 53.5 Å². The van der Waals surface area contributed by atoms with Gasteiger partial charge in [-0.1, -0.05) is 6.07 Å². The molecule has 0 N–H and O–H groups in total. The summed E-state index contributed by atoms with van der Waals surface area (Å²) in [6.45, 7) is 1.55. The molecule has 1 aliphatic rings. The fraction of sp³-hybridized carbons (Fsp3) is 0.643. The molecule has 0 radical (unpaired) electrons. The molecular formula is C14H22FN3O2S. The molecule has 2 heterocycles. The van der Waals surface area contributed by atoms with E-state index >= 15 is 0 Å². The average molecular weight is 315 g/mol. The summed E-state index contributed by atoms with van der Waals surface area (Å²) < 4.78 is 39.6. The molecule has 0 aliphatic carbocycles. The van der Waals surface area contributed by atoms with Gasteiger partial charge in [0.05, 0.1) is 11.4 Å². The number of rotatable bonds is 5. The molecule has 0 spiro atoms. The van der Waals surface area contributed by atoms with Gasteiger partial charge in [0.15, 0.2) is 5.67 Å². The zero-order valence-corrected chi connectivity index (χ0v) is 13.3. The number of alkyl halides is 1. The van der Waals surface area contributed by atoms with Gasteiger partial charge in [-0.05, 0) is 25.0 Å². The molecule has 0 saturated carbocycles. The number of hydrogen-bond donors (Lipinski definition) is 0. The second-order valence-electron chi connectivity index (χ2n) is 5.62. The first-order chi connectivity index (χ1) is 9.83. The van der Waals surface area contributed by atoms with Gasteiger partial charge in [0.1, 0.15) is 0 Å². The molecule has 21 heavy (non-hydrogen) atoms. The summed E-state index contributed by atoms with van der Waals surface area (Å²) in [5.41, 5.74) is -0.913. The van der Waals surface area contributed by atoms with Gasteiger partial charge >= 0.3 is 0 Å². The van der Waals surface area contributed by atoms with Gasteiger partial charge in [-0.3, -0.25) is 4.98 Å². The van der Waals surface area contributed by atoms with E-state index in [-0.39, 0.29) is 5.75 Å². The summed E-state index contributed by atoms with van der Waals surface area (Å²) in [5, 5.41) is 0. The van der Waals surface area contributed by atoms with Crippen LogP contribution in [0.4, 0.5) is 4.39 Å². The van der Waals surface area contributed by atoms with Gasteiger partial charge in [0.2, 0.25) is 10.0 Å². The minimum Gasteiger partial charge on any atom is -0.302 e. The Morgan fingerprint density at radius 1 is 1.33 bits per heavy atom. The lowest BCUT2D eigenvalue weighted by atomic mass is 9.89. The van der Waals surface area contributed by atoms with Crippen molar-refractivity contribution < 1.29 is 12.8 Å². The fourth-order valence-electron chi connectivity index (χ4n) is 2.44. The Balaban J connectivity index is 1.89. The quantitative estimate of drug-likeness (QED) is 0.820. The maximum absolute atomic E-state index is 14.9. The Labute approximate surface area is 125 Å². The Morgan fingerprint density at radius 2 is 2.00 bits per heavy atom. The van der Waals surface area contributed by atoms with Gasteiger partial charge in [-0.25, -0.2) is 17.1 Å². The molecule has 1 saturated heterocycles. The molecule has 0 bridgehead atoms. The van der Waals surface area contributed by atoms with E-state index in [1.165, 1.54) is 18.4 Å². The van der Waals surface area contributed by atoms with Crippen LogP contribution in [0.25, 0.3) is 0 Å². The summed E-state index contributed by atoms with van der Waals surface area (Å²) >= 11 is 0. The third kappa shape index (κ3) is 3.99. The highest BCUT2D eigenvalue weighted by Gasteiger charge is 2.37. The smallest absolute Gasteiger partial charge is 0.214 e. The summed E-state index contributed by atoms with van der Waals surface area (Å²) in [6.07, 6.45) is 2.31. The summed E-state index contributed by atoms with van der Waals surface area (Å²) in [7, 11) is -0.139. The van der Waals surface area contributed by atoms with E-state index in [1.807, 2.05) is 4.90 Å². The number of piperidine rings is 1. The van der Waals surface area contributed by atoms with Crippen LogP contribution in [0, 0.1) is 0 Å². The van der Waals surface area contributed by atoms with Crippen molar-refractivity contribution in [3.8, 4) is 0 Å². The second kappa shape index (κ2) is 6.37. The largest absolute Gasteiger partial charge is 0.302 e. The van der Waals surface area contributed by atoms with Crippen LogP contribution >= 0.6 is 0 Å². The zero-order valence-electron chi connectivity index (χ0n) is 12.5. The van der Waals surface area contributed by atoms with Gasteiger partial charge in [0, 0.05) is 39.9 Å². The first-order valence-electron chi connectivity index (χ1n) is 7.06. The lowest BCUT2D eigenvalue weighted by Gasteiger charge is -2.36. The lowest BCUT2D eigenvalue weighted by Crippen LogP contribution is -2.43. The first-order valence-corrected chi connectivity index (χ1v) is 8.67. The van der Waals surface area contributed by atoms with Crippen LogP contribution in [0.5, 0.6) is 0 Å². The molecule has 1 aromatic heterocycles. The van der Waals surface area contributed by atoms with Crippen molar-refractivity contribution >= 4 is 10.0 Å². The number of nitrogens with zero attached hydrogens (tertiary/aromatic N) is 3. The highest BCUT2D eigenvalue weighted by Crippen LogP contribution is 2.35. The van der Waals surface area contributed by atoms with Crippen molar-refractivity contribution in [1.29, 1.82) is 0 Å². The van der Waals surface area contributed by atoms with Crippen LogP contribution in [-0.4, -0.2) is 62.1 Å². The van der Waals surface area contributed by atoms with E-state index in [2.05, 4.69) is 4.98 Å². The van der Waals surface area contributed by atoms with Crippen LogP contribution in [-0.2, 0) is 15.7 Å². The first kappa shape index (κ1) is 16.3. The van der Waals surface area contributed by atoms with E-state index in [0.29, 0.717) is 38.2 Å². The molecular weight excluding hydrogens is 293 g/mol. The van der Waals surface area contributed by atoms with Crippen LogP contribution in [0.3, 0.4) is 0 Å². The van der Waals surface area contributed by atoms with E-state index in [1.54, 1.807) is 24.4 Å². The van der Waals surface area contributed by atoms with Crippen molar-refractivity contribution in [2.75, 3.05) is 39.5 Å². The molecule has 0 amide bonds. The van der Waals surface area contributed by atoms with Crippen molar-refractivity contribution in [3.63, 3.8) is 0 Å². The van der Waals surface area contributed by atoms with Crippen LogP contribution in [0.1, 0.15) is 18.5 Å². The molecule has 118 valence electrons. The average Bonchev–Trinajstić information content (AvgIpc) is 2.47. The van der Waals surface area contributed by atoms with E-state index in [9.17, 15) is 12.8 Å². The van der Waals surface area contributed by atoms with Crippen molar-refractivity contribution in [3.05, 3.63) is 30.1 Å². The predicted octanol–water partition coefficient (Wildman–Crippen LogP) is 1.23. The van der Waals surface area contributed by atoms with Gasteiger partial charge < -0.3 is 4.90 Å². The van der Waals surface area contributed by atoms with E-state index < -0.39 is 15.7 Å². The lowest BCUT2D eigenvalue weighted by molar-refractivity contribution is 0.0550. The van der Waals surface area contributed by atoms with Crippen molar-refractivity contribution in [1.82, 2.24) is 14.2 Å². The third-order valence-corrected chi connectivity index (χ3v) is 5.81. The number of likely N-dealkylation sites (tertiary alicyclic amines) is 1. The highest BCUT2D eigenvalue weighted by molar-refractivity contribution is 7.89. The number of sulfonamides is 1. The normalized spacial score (nSPS) is 19.8. The Morgan fingerprint density at radius 3 is 2.52 bits per heavy atom. The Kier molecular flexibility index (Phi) is 4.95. The molecule has 0 unspecified atom stereocenters. The Bertz CT molecular complexity index is 555. The number of halogens is 1. The summed E-state index contributed by atoms with van der Waals surface area (Å²) in [4.78, 5) is 6.11. The van der Waals surface area contributed by atoms with Crippen molar-refractivity contribution in [2.24, 2.45) is 0 Å². The number of aromatic nitrogens is 1. The molecule has 0 atom stereocenters. The molecule has 5 nitrogen and oxygen atoms in total. The minimum absolute atomic E-state index is 0.0723. The molecule has 1 fully saturated rings. The Hall–Kier alpha value is -1.05. The molecule has 2 rings (SSSR count). The molecule has 1 aliphatic heterocycles. The molecule has 0 aromatic carbocycles. The van der Waals surface area contributed by atoms with Crippen molar-refractivity contribution in [2.45, 2.75) is 18.5 Å². The predicted molar refractivity (Wildman–Crippen MR) is 80.2 cm³/mol. The van der Waals surface area contributed by atoms with E-state index in [0.717, 1.165) is 0 Å².